The van der Waals surface area contributed by atoms with Gasteiger partial charge in [0.15, 0.2) is 0 Å². The molecular formula is C30H32Cl2O6. The minimum absolute atomic E-state index is 0.0150. The van der Waals surface area contributed by atoms with Crippen molar-refractivity contribution in [1.29, 1.82) is 0 Å². The van der Waals surface area contributed by atoms with Gasteiger partial charge in [0.1, 0.15) is 12.2 Å². The summed E-state index contributed by atoms with van der Waals surface area (Å²) in [6, 6.07) is 10.8. The molecule has 1 fully saturated rings. The minimum Gasteiger partial charge on any atom is -0.458 e. The number of carbonyl (C=O) groups is 2. The van der Waals surface area contributed by atoms with Gasteiger partial charge in [-0.3, -0.25) is 9.68 Å². The highest BCUT2D eigenvalue weighted by Crippen LogP contribution is 2.46. The summed E-state index contributed by atoms with van der Waals surface area (Å²) < 4.78 is 5.42. The Labute approximate surface area is 233 Å². The highest BCUT2D eigenvalue weighted by Gasteiger charge is 2.37. The molecule has 6 nitrogen and oxygen atoms in total. The Morgan fingerprint density at radius 1 is 1.08 bits per heavy atom. The monoisotopic (exact) mass is 558 g/mol. The lowest BCUT2D eigenvalue weighted by Crippen LogP contribution is -2.32. The molecule has 1 saturated heterocycles. The van der Waals surface area contributed by atoms with E-state index in [9.17, 15) is 14.7 Å². The molecule has 4 rings (SSSR count). The molecule has 0 saturated carbocycles. The van der Waals surface area contributed by atoms with Crippen molar-refractivity contribution in [3.05, 3.63) is 86.4 Å². The normalized spacial score (nSPS) is 23.4. The maximum atomic E-state index is 12.7. The zero-order valence-electron chi connectivity index (χ0n) is 21.9. The second-order valence-corrected chi connectivity index (χ2v) is 11.5. The van der Waals surface area contributed by atoms with Gasteiger partial charge in [0.2, 0.25) is 0 Å². The number of hydrogen-bond donors (Lipinski definition) is 1. The van der Waals surface area contributed by atoms with Crippen LogP contribution in [0.1, 0.15) is 66.6 Å². The third kappa shape index (κ3) is 6.67. The average molecular weight is 559 g/mol. The number of aryl methyl sites for hydroxylation is 2. The molecule has 0 amide bonds. The van der Waals surface area contributed by atoms with E-state index in [1.54, 1.807) is 18.2 Å². The van der Waals surface area contributed by atoms with E-state index in [4.69, 9.17) is 37.7 Å². The summed E-state index contributed by atoms with van der Waals surface area (Å²) in [5.74, 6) is -0.992. The van der Waals surface area contributed by atoms with E-state index in [1.807, 2.05) is 44.2 Å². The first-order chi connectivity index (χ1) is 17.9. The van der Waals surface area contributed by atoms with Gasteiger partial charge in [-0.05, 0) is 83.9 Å². The van der Waals surface area contributed by atoms with E-state index in [-0.39, 0.29) is 17.9 Å². The second-order valence-electron chi connectivity index (χ2n) is 10.7. The van der Waals surface area contributed by atoms with E-state index in [0.717, 1.165) is 27.8 Å². The summed E-state index contributed by atoms with van der Waals surface area (Å²) in [7, 11) is 0. The fourth-order valence-electron chi connectivity index (χ4n) is 5.06. The van der Waals surface area contributed by atoms with E-state index < -0.39 is 24.1 Å². The minimum atomic E-state index is -0.713. The molecule has 1 unspecified atom stereocenters. The molecule has 202 valence electrons. The number of esters is 1. The molecule has 3 atom stereocenters. The Hall–Kier alpha value is -2.64. The van der Waals surface area contributed by atoms with Crippen molar-refractivity contribution in [3.8, 4) is 0 Å². The lowest BCUT2D eigenvalue weighted by atomic mass is 9.69. The number of halogens is 2. The largest absolute Gasteiger partial charge is 0.458 e. The maximum absolute atomic E-state index is 12.7. The number of aliphatic hydroxyl groups excluding tert-OH is 1. The maximum Gasteiger partial charge on any atom is 0.373 e. The van der Waals surface area contributed by atoms with Crippen LogP contribution < -0.4 is 0 Å². The van der Waals surface area contributed by atoms with Crippen LogP contribution in [0.3, 0.4) is 0 Å². The topological polar surface area (TPSA) is 82.1 Å². The Kier molecular flexibility index (Phi) is 8.68. The fraction of sp³-hybridized carbons (Fsp3) is 0.400. The average Bonchev–Trinajstić information content (AvgIpc) is 2.84. The van der Waals surface area contributed by atoms with Gasteiger partial charge in [-0.15, -0.1) is 0 Å². The molecule has 0 bridgehead atoms. The van der Waals surface area contributed by atoms with Gasteiger partial charge in [0.05, 0.1) is 18.1 Å². The Morgan fingerprint density at radius 2 is 1.76 bits per heavy atom. The highest BCUT2D eigenvalue weighted by atomic mass is 35.5. The Bertz CT molecular complexity index is 1300. The van der Waals surface area contributed by atoms with Gasteiger partial charge in [0.25, 0.3) is 0 Å². The van der Waals surface area contributed by atoms with Crippen LogP contribution in [0.2, 0.25) is 10.0 Å². The van der Waals surface area contributed by atoms with Gasteiger partial charge >= 0.3 is 11.9 Å². The number of hydrogen-bond acceptors (Lipinski definition) is 6. The van der Waals surface area contributed by atoms with Crippen molar-refractivity contribution in [2.24, 2.45) is 5.41 Å². The van der Waals surface area contributed by atoms with E-state index in [0.29, 0.717) is 34.9 Å². The molecule has 1 aliphatic carbocycles. The van der Waals surface area contributed by atoms with Gasteiger partial charge in [-0.2, -0.15) is 4.89 Å². The molecule has 1 heterocycles. The molecule has 8 heteroatoms. The summed E-state index contributed by atoms with van der Waals surface area (Å²) in [5, 5.41) is 11.2. The third-order valence-corrected chi connectivity index (χ3v) is 7.90. The van der Waals surface area contributed by atoms with Gasteiger partial charge in [0, 0.05) is 22.9 Å². The first-order valence-corrected chi connectivity index (χ1v) is 13.4. The lowest BCUT2D eigenvalue weighted by Gasteiger charge is -2.38. The molecule has 0 aromatic heterocycles. The standard InChI is InChI=1S/C30H32Cl2O6/c1-17-11-19(5-9-26(17)31)24-15-23(37-38-29(35)20-6-10-27(32)18(2)12-20)16-30(3,4)25(24)8-7-22-13-21(33)14-28(34)36-22/h5-12,21-23,33H,13-16H2,1-4H3/b8-7+/t21-,22-,23?/m0/s1. The van der Waals surface area contributed by atoms with Gasteiger partial charge < -0.3 is 9.84 Å². The number of allylic oxidation sites excluding steroid dienone is 2. The molecule has 0 spiro atoms. The zero-order chi connectivity index (χ0) is 27.6. The van der Waals surface area contributed by atoms with E-state index >= 15 is 0 Å². The predicted molar refractivity (Wildman–Crippen MR) is 147 cm³/mol. The van der Waals surface area contributed by atoms with Crippen LogP contribution in [0.25, 0.3) is 5.57 Å². The summed E-state index contributed by atoms with van der Waals surface area (Å²) >= 11 is 12.4. The van der Waals surface area contributed by atoms with Crippen molar-refractivity contribution in [3.63, 3.8) is 0 Å². The van der Waals surface area contributed by atoms with Crippen molar-refractivity contribution >= 4 is 40.7 Å². The fourth-order valence-corrected chi connectivity index (χ4v) is 5.29. The summed E-state index contributed by atoms with van der Waals surface area (Å²) in [6.07, 6.45) is 3.67. The Morgan fingerprint density at radius 3 is 2.42 bits per heavy atom. The molecule has 0 radical (unpaired) electrons. The molecule has 2 aromatic rings. The number of benzene rings is 2. The summed E-state index contributed by atoms with van der Waals surface area (Å²) in [6.45, 7) is 7.95. The molecule has 2 aromatic carbocycles. The first-order valence-electron chi connectivity index (χ1n) is 12.6. The summed E-state index contributed by atoms with van der Waals surface area (Å²) in [5.41, 5.74) is 4.75. The van der Waals surface area contributed by atoms with Crippen molar-refractivity contribution < 1.29 is 29.2 Å². The van der Waals surface area contributed by atoms with Gasteiger partial charge in [-0.1, -0.05) is 55.3 Å². The molecule has 1 N–H and O–H groups in total. The SMILES string of the molecule is Cc1cc(C(=O)OOC2CC(c3ccc(Cl)c(C)c3)=C(/C=C/[C@H]3C[C@H](O)CC(=O)O3)C(C)(C)C2)ccc1Cl. The number of carbonyl (C=O) groups excluding carboxylic acids is 2. The van der Waals surface area contributed by atoms with Crippen LogP contribution in [-0.4, -0.2) is 35.4 Å². The molecule has 2 aliphatic rings. The number of cyclic esters (lactones) is 1. The van der Waals surface area contributed by atoms with Crippen LogP contribution in [0.4, 0.5) is 0 Å². The highest BCUT2D eigenvalue weighted by molar-refractivity contribution is 6.31. The number of aliphatic hydroxyl groups is 1. The molecule has 38 heavy (non-hydrogen) atoms. The van der Waals surface area contributed by atoms with Crippen molar-refractivity contribution in [2.75, 3.05) is 0 Å². The number of ether oxygens (including phenoxy) is 1. The van der Waals surface area contributed by atoms with Crippen molar-refractivity contribution in [2.45, 2.75) is 71.7 Å². The van der Waals surface area contributed by atoms with E-state index in [2.05, 4.69) is 13.8 Å². The van der Waals surface area contributed by atoms with E-state index in [1.165, 1.54) is 0 Å². The lowest BCUT2D eigenvalue weighted by molar-refractivity contribution is -0.278. The quantitative estimate of drug-likeness (QED) is 0.234. The third-order valence-electron chi connectivity index (χ3n) is 7.05. The first kappa shape index (κ1) is 28.4. The Balaban J connectivity index is 1.61. The summed E-state index contributed by atoms with van der Waals surface area (Å²) in [4.78, 5) is 35.5. The smallest absolute Gasteiger partial charge is 0.373 e. The second kappa shape index (κ2) is 11.6. The van der Waals surface area contributed by atoms with Crippen LogP contribution in [-0.2, 0) is 19.3 Å². The predicted octanol–water partition coefficient (Wildman–Crippen LogP) is 6.96. The van der Waals surface area contributed by atoms with Crippen LogP contribution in [0.15, 0.2) is 54.1 Å². The van der Waals surface area contributed by atoms with Crippen LogP contribution in [0, 0.1) is 19.3 Å². The molecule has 1 aliphatic heterocycles. The van der Waals surface area contributed by atoms with Crippen molar-refractivity contribution in [1.82, 2.24) is 0 Å². The number of rotatable bonds is 6. The molecular weight excluding hydrogens is 527 g/mol. The zero-order valence-corrected chi connectivity index (χ0v) is 23.4. The van der Waals surface area contributed by atoms with Crippen LogP contribution >= 0.6 is 23.2 Å². The van der Waals surface area contributed by atoms with Gasteiger partial charge in [-0.25, -0.2) is 4.79 Å². The van der Waals surface area contributed by atoms with Crippen LogP contribution in [0.5, 0.6) is 0 Å².